The molecule has 0 saturated heterocycles. The van der Waals surface area contributed by atoms with Gasteiger partial charge in [0.1, 0.15) is 11.5 Å². The molecule has 1 heterocycles. The first-order valence-corrected chi connectivity index (χ1v) is 5.36. The van der Waals surface area contributed by atoms with E-state index >= 15 is 0 Å². The number of hydrogen-bond acceptors (Lipinski definition) is 3. The van der Waals surface area contributed by atoms with E-state index in [-0.39, 0.29) is 6.61 Å². The van der Waals surface area contributed by atoms with Crippen LogP contribution in [-0.4, -0.2) is 10.1 Å². The second-order valence-electron chi connectivity index (χ2n) is 4.08. The number of benzene rings is 1. The zero-order chi connectivity index (χ0) is 11.5. The van der Waals surface area contributed by atoms with Crippen molar-refractivity contribution in [2.24, 2.45) is 0 Å². The summed E-state index contributed by atoms with van der Waals surface area (Å²) in [5.41, 5.74) is 2.74. The molecule has 2 aromatic rings. The van der Waals surface area contributed by atoms with Crippen LogP contribution in [0.4, 0.5) is 0 Å². The van der Waals surface area contributed by atoms with E-state index in [9.17, 15) is 0 Å². The minimum Gasteiger partial charge on any atom is -0.448 e. The molecule has 3 heteroatoms. The fraction of sp³-hybridized carbons (Fsp3) is 0.308. The average molecular weight is 217 g/mol. The number of nitrogens with zero attached hydrogens (tertiary/aromatic N) is 1. The van der Waals surface area contributed by atoms with Crippen LogP contribution in [0, 0.1) is 0 Å². The number of oxazole rings is 1. The van der Waals surface area contributed by atoms with Gasteiger partial charge in [0.2, 0.25) is 0 Å². The zero-order valence-corrected chi connectivity index (χ0v) is 9.47. The quantitative estimate of drug-likeness (QED) is 0.859. The van der Waals surface area contributed by atoms with Crippen LogP contribution in [0.5, 0.6) is 0 Å². The van der Waals surface area contributed by atoms with E-state index < -0.39 is 0 Å². The van der Waals surface area contributed by atoms with E-state index in [2.05, 4.69) is 18.8 Å². The van der Waals surface area contributed by atoms with E-state index in [1.807, 2.05) is 24.3 Å². The van der Waals surface area contributed by atoms with E-state index in [1.54, 1.807) is 0 Å². The molecule has 1 aromatic carbocycles. The lowest BCUT2D eigenvalue weighted by Gasteiger charge is -2.05. The Morgan fingerprint density at radius 3 is 2.88 bits per heavy atom. The Bertz CT molecular complexity index is 474. The highest BCUT2D eigenvalue weighted by atomic mass is 16.3. The maximum atomic E-state index is 9.09. The highest BCUT2D eigenvalue weighted by molar-refractivity contribution is 5.62. The second kappa shape index (κ2) is 4.49. The Labute approximate surface area is 94.8 Å². The normalized spacial score (nSPS) is 11.0. The molecule has 3 nitrogen and oxygen atoms in total. The predicted octanol–water partition coefficient (Wildman–Crippen LogP) is 2.96. The van der Waals surface area contributed by atoms with Crippen LogP contribution in [-0.2, 0) is 6.61 Å². The van der Waals surface area contributed by atoms with Gasteiger partial charge in [-0.25, -0.2) is 4.98 Å². The fourth-order valence-electron chi connectivity index (χ4n) is 1.70. The second-order valence-corrected chi connectivity index (χ2v) is 4.08. The lowest BCUT2D eigenvalue weighted by atomic mass is 10.0. The van der Waals surface area contributed by atoms with Crippen molar-refractivity contribution in [3.8, 4) is 11.3 Å². The fourth-order valence-corrected chi connectivity index (χ4v) is 1.70. The lowest BCUT2D eigenvalue weighted by molar-refractivity contribution is 0.282. The molecule has 0 aliphatic rings. The molecule has 0 bridgehead atoms. The molecule has 84 valence electrons. The molecule has 1 aromatic heterocycles. The first-order chi connectivity index (χ1) is 7.72. The molecule has 0 spiro atoms. The van der Waals surface area contributed by atoms with E-state index in [0.29, 0.717) is 5.92 Å². The first kappa shape index (κ1) is 10.9. The summed E-state index contributed by atoms with van der Waals surface area (Å²) in [7, 11) is 0. The summed E-state index contributed by atoms with van der Waals surface area (Å²) in [6.07, 6.45) is 1.47. The van der Waals surface area contributed by atoms with Crippen LogP contribution < -0.4 is 0 Å². The van der Waals surface area contributed by atoms with Crippen LogP contribution >= 0.6 is 0 Å². The van der Waals surface area contributed by atoms with Gasteiger partial charge in [-0.1, -0.05) is 32.0 Å². The van der Waals surface area contributed by atoms with Gasteiger partial charge >= 0.3 is 0 Å². The molecular weight excluding hydrogens is 202 g/mol. The topological polar surface area (TPSA) is 46.3 Å². The van der Waals surface area contributed by atoms with Crippen LogP contribution in [0.15, 0.2) is 35.1 Å². The van der Waals surface area contributed by atoms with Gasteiger partial charge in [-0.05, 0) is 11.6 Å². The summed E-state index contributed by atoms with van der Waals surface area (Å²) >= 11 is 0. The highest BCUT2D eigenvalue weighted by Crippen LogP contribution is 2.28. The zero-order valence-electron chi connectivity index (χ0n) is 9.47. The third-order valence-electron chi connectivity index (χ3n) is 2.50. The summed E-state index contributed by atoms with van der Waals surface area (Å²) in [5.74, 6) is 1.19. The molecular formula is C13H15NO2. The third kappa shape index (κ3) is 1.99. The number of aromatic nitrogens is 1. The van der Waals surface area contributed by atoms with Crippen LogP contribution in [0.1, 0.15) is 31.1 Å². The molecule has 0 aliphatic heterocycles. The summed E-state index contributed by atoms with van der Waals surface area (Å²) in [6.45, 7) is 4.18. The molecule has 0 radical (unpaired) electrons. The molecule has 1 N–H and O–H groups in total. The highest BCUT2D eigenvalue weighted by Gasteiger charge is 2.13. The first-order valence-electron chi connectivity index (χ1n) is 5.36. The van der Waals surface area contributed by atoms with Gasteiger partial charge in [0, 0.05) is 11.5 Å². The Balaban J connectivity index is 2.46. The number of hydrogen-bond donors (Lipinski definition) is 1. The van der Waals surface area contributed by atoms with Gasteiger partial charge in [-0.3, -0.25) is 0 Å². The van der Waals surface area contributed by atoms with Crippen LogP contribution in [0.2, 0.25) is 0 Å². The summed E-state index contributed by atoms with van der Waals surface area (Å²) in [6, 6.07) is 7.71. The van der Waals surface area contributed by atoms with Crippen molar-refractivity contribution in [2.75, 3.05) is 0 Å². The minimum atomic E-state index is 0.0443. The Hall–Kier alpha value is -1.61. The SMILES string of the molecule is CC(C)c1ocnc1-c1cccc(CO)c1. The molecule has 0 atom stereocenters. The van der Waals surface area contributed by atoms with Gasteiger partial charge in [0.25, 0.3) is 0 Å². The third-order valence-corrected chi connectivity index (χ3v) is 2.50. The number of rotatable bonds is 3. The molecule has 0 fully saturated rings. The van der Waals surface area contributed by atoms with Gasteiger partial charge in [0.05, 0.1) is 6.61 Å². The maximum Gasteiger partial charge on any atom is 0.181 e. The van der Waals surface area contributed by atoms with Crippen LogP contribution in [0.25, 0.3) is 11.3 Å². The van der Waals surface area contributed by atoms with Gasteiger partial charge in [-0.15, -0.1) is 0 Å². The van der Waals surface area contributed by atoms with Crippen molar-refractivity contribution < 1.29 is 9.52 Å². The van der Waals surface area contributed by atoms with E-state index in [4.69, 9.17) is 9.52 Å². The number of aliphatic hydroxyl groups is 1. The molecule has 0 amide bonds. The summed E-state index contributed by atoms with van der Waals surface area (Å²) in [4.78, 5) is 4.23. The Kier molecular flexibility index (Phi) is 3.06. The predicted molar refractivity (Wildman–Crippen MR) is 62.0 cm³/mol. The van der Waals surface area contributed by atoms with Crippen molar-refractivity contribution in [1.82, 2.24) is 4.98 Å². The van der Waals surface area contributed by atoms with Crippen molar-refractivity contribution in [2.45, 2.75) is 26.4 Å². The molecule has 16 heavy (non-hydrogen) atoms. The van der Waals surface area contributed by atoms with Gasteiger partial charge in [0.15, 0.2) is 6.39 Å². The summed E-state index contributed by atoms with van der Waals surface area (Å²) < 4.78 is 5.38. The Morgan fingerprint density at radius 2 is 2.19 bits per heavy atom. The van der Waals surface area contributed by atoms with Crippen molar-refractivity contribution in [3.05, 3.63) is 42.0 Å². The van der Waals surface area contributed by atoms with Crippen molar-refractivity contribution >= 4 is 0 Å². The monoisotopic (exact) mass is 217 g/mol. The average Bonchev–Trinajstić information content (AvgIpc) is 2.78. The Morgan fingerprint density at radius 1 is 1.38 bits per heavy atom. The lowest BCUT2D eigenvalue weighted by Crippen LogP contribution is -1.90. The molecule has 0 aliphatic carbocycles. The minimum absolute atomic E-state index is 0.0443. The summed E-state index contributed by atoms with van der Waals surface area (Å²) in [5, 5.41) is 9.09. The molecule has 0 unspecified atom stereocenters. The standard InChI is InChI=1S/C13H15NO2/c1-9(2)13-12(14-8-16-13)11-5-3-4-10(6-11)7-15/h3-6,8-9,15H,7H2,1-2H3. The van der Waals surface area contributed by atoms with E-state index in [0.717, 1.165) is 22.6 Å². The molecule has 2 rings (SSSR count). The van der Waals surface area contributed by atoms with Gasteiger partial charge < -0.3 is 9.52 Å². The largest absolute Gasteiger partial charge is 0.448 e. The van der Waals surface area contributed by atoms with Crippen LogP contribution in [0.3, 0.4) is 0 Å². The van der Waals surface area contributed by atoms with Crippen molar-refractivity contribution in [3.63, 3.8) is 0 Å². The molecule has 0 saturated carbocycles. The van der Waals surface area contributed by atoms with Crippen molar-refractivity contribution in [1.29, 1.82) is 0 Å². The van der Waals surface area contributed by atoms with Gasteiger partial charge in [-0.2, -0.15) is 0 Å². The maximum absolute atomic E-state index is 9.09. The number of aliphatic hydroxyl groups excluding tert-OH is 1. The van der Waals surface area contributed by atoms with E-state index in [1.165, 1.54) is 6.39 Å². The smallest absolute Gasteiger partial charge is 0.181 e.